The van der Waals surface area contributed by atoms with Crippen molar-refractivity contribution in [1.82, 2.24) is 0 Å². The Labute approximate surface area is 78.0 Å². The molecule has 0 spiro atoms. The number of Topliss-reactive ketones (excluding diaryl/α,β-unsaturated/α-hetero) is 1. The summed E-state index contributed by atoms with van der Waals surface area (Å²) in [6, 6.07) is 0. The van der Waals surface area contributed by atoms with Gasteiger partial charge in [0.15, 0.2) is 5.78 Å². The van der Waals surface area contributed by atoms with Crippen LogP contribution < -0.4 is 0 Å². The van der Waals surface area contributed by atoms with Gasteiger partial charge in [-0.15, -0.1) is 11.6 Å². The average Bonchev–Trinajstić information content (AvgIpc) is 2.06. The molecule has 0 aromatic rings. The normalized spacial score (nSPS) is 12.2. The maximum absolute atomic E-state index is 11.5. The minimum absolute atomic E-state index is 0.137. The third kappa shape index (κ3) is 2.73. The largest absolute Gasteiger partial charge is 0.349 e. The smallest absolute Gasteiger partial charge is 0.217 e. The van der Waals surface area contributed by atoms with Crippen molar-refractivity contribution in [3.63, 3.8) is 0 Å². The van der Waals surface area contributed by atoms with Crippen molar-refractivity contribution in [2.45, 2.75) is 20.1 Å². The second-order valence-electron chi connectivity index (χ2n) is 3.19. The van der Waals surface area contributed by atoms with E-state index in [9.17, 15) is 4.79 Å². The van der Waals surface area contributed by atoms with E-state index < -0.39 is 11.7 Å². The van der Waals surface area contributed by atoms with Gasteiger partial charge in [0, 0.05) is 25.5 Å². The van der Waals surface area contributed by atoms with Gasteiger partial charge in [0.05, 0.1) is 0 Å². The molecule has 0 atom stereocenters. The van der Waals surface area contributed by atoms with Crippen molar-refractivity contribution in [3.8, 4) is 0 Å². The third-order valence-electron chi connectivity index (χ3n) is 1.64. The molecule has 4 heteroatoms. The summed E-state index contributed by atoms with van der Waals surface area (Å²) in [6.45, 7) is 3.51. The van der Waals surface area contributed by atoms with Gasteiger partial charge in [-0.05, 0) is 0 Å². The van der Waals surface area contributed by atoms with E-state index in [2.05, 4.69) is 0 Å². The first-order valence-corrected chi connectivity index (χ1v) is 4.19. The van der Waals surface area contributed by atoms with Gasteiger partial charge in [-0.3, -0.25) is 4.79 Å². The van der Waals surface area contributed by atoms with Gasteiger partial charge in [0.25, 0.3) is 0 Å². The quantitative estimate of drug-likeness (QED) is 0.491. The van der Waals surface area contributed by atoms with Crippen LogP contribution in [0.25, 0.3) is 0 Å². The molecule has 0 saturated carbocycles. The first-order valence-electron chi connectivity index (χ1n) is 3.65. The highest BCUT2D eigenvalue weighted by molar-refractivity contribution is 6.20. The fraction of sp³-hybridized carbons (Fsp3) is 0.875. The molecule has 0 aliphatic carbocycles. The molecule has 0 amide bonds. The second-order valence-corrected chi connectivity index (χ2v) is 3.45. The molecule has 0 aromatic heterocycles. The first kappa shape index (κ1) is 11.9. The fourth-order valence-corrected chi connectivity index (χ4v) is 0.827. The molecule has 72 valence electrons. The highest BCUT2D eigenvalue weighted by Gasteiger charge is 2.33. The van der Waals surface area contributed by atoms with E-state index in [4.69, 9.17) is 21.1 Å². The van der Waals surface area contributed by atoms with E-state index in [-0.39, 0.29) is 11.7 Å². The Morgan fingerprint density at radius 1 is 1.42 bits per heavy atom. The Hall–Kier alpha value is -0.120. The number of methoxy groups -OCH3 is 2. The van der Waals surface area contributed by atoms with Crippen molar-refractivity contribution in [2.75, 3.05) is 20.1 Å². The first-order chi connectivity index (χ1) is 5.49. The van der Waals surface area contributed by atoms with Crippen molar-refractivity contribution in [1.29, 1.82) is 0 Å². The summed E-state index contributed by atoms with van der Waals surface area (Å²) < 4.78 is 9.64. The van der Waals surface area contributed by atoms with Crippen LogP contribution in [-0.4, -0.2) is 32.2 Å². The summed E-state index contributed by atoms with van der Waals surface area (Å²) in [5, 5.41) is 0. The summed E-state index contributed by atoms with van der Waals surface area (Å²) in [5.41, 5.74) is -0.599. The molecule has 0 aliphatic heterocycles. The van der Waals surface area contributed by atoms with Crippen molar-refractivity contribution < 1.29 is 14.3 Å². The predicted octanol–water partition coefficient (Wildman–Crippen LogP) is 1.44. The van der Waals surface area contributed by atoms with E-state index in [0.717, 1.165) is 0 Å². The van der Waals surface area contributed by atoms with Crippen LogP contribution in [0, 0.1) is 5.41 Å². The minimum atomic E-state index is -0.807. The van der Waals surface area contributed by atoms with Gasteiger partial charge >= 0.3 is 0 Å². The van der Waals surface area contributed by atoms with Gasteiger partial charge in [-0.1, -0.05) is 13.8 Å². The third-order valence-corrected chi connectivity index (χ3v) is 2.31. The zero-order valence-electron chi connectivity index (χ0n) is 7.89. The van der Waals surface area contributed by atoms with E-state index in [1.54, 1.807) is 13.8 Å². The summed E-state index contributed by atoms with van der Waals surface area (Å²) in [4.78, 5) is 11.5. The molecule has 0 unspecified atom stereocenters. The molecule has 12 heavy (non-hydrogen) atoms. The van der Waals surface area contributed by atoms with Gasteiger partial charge in [-0.2, -0.15) is 0 Å². The molecule has 0 aliphatic rings. The number of hydrogen-bond acceptors (Lipinski definition) is 3. The fourth-order valence-electron chi connectivity index (χ4n) is 0.695. The molecule has 0 saturated heterocycles. The van der Waals surface area contributed by atoms with Crippen LogP contribution in [0.5, 0.6) is 0 Å². The molecule has 0 radical (unpaired) electrons. The Morgan fingerprint density at radius 3 is 2.08 bits per heavy atom. The van der Waals surface area contributed by atoms with Gasteiger partial charge in [0.1, 0.15) is 0 Å². The highest BCUT2D eigenvalue weighted by atomic mass is 35.5. The molecule has 0 heterocycles. The van der Waals surface area contributed by atoms with E-state index >= 15 is 0 Å². The van der Waals surface area contributed by atoms with Crippen molar-refractivity contribution in [2.24, 2.45) is 5.41 Å². The molecule has 0 aromatic carbocycles. The SMILES string of the molecule is COC(OC)C(=O)C(C)(C)CCl. The van der Waals surface area contributed by atoms with Gasteiger partial charge in [-0.25, -0.2) is 0 Å². The Balaban J connectivity index is 4.35. The summed E-state index contributed by atoms with van der Waals surface area (Å²) in [6.07, 6.45) is -0.807. The number of ether oxygens (including phenoxy) is 2. The minimum Gasteiger partial charge on any atom is -0.349 e. The molecular formula is C8H15ClO3. The lowest BCUT2D eigenvalue weighted by molar-refractivity contribution is -0.164. The Bertz CT molecular complexity index is 152. The van der Waals surface area contributed by atoms with E-state index in [1.165, 1.54) is 14.2 Å². The predicted molar refractivity (Wildman–Crippen MR) is 47.3 cm³/mol. The Morgan fingerprint density at radius 2 is 1.83 bits per heavy atom. The second kappa shape index (κ2) is 4.80. The van der Waals surface area contributed by atoms with Crippen LogP contribution in [0.1, 0.15) is 13.8 Å². The number of halogens is 1. The van der Waals surface area contributed by atoms with Crippen LogP contribution in [0.15, 0.2) is 0 Å². The van der Waals surface area contributed by atoms with E-state index in [1.807, 2.05) is 0 Å². The molecule has 0 N–H and O–H groups in total. The summed E-state index contributed by atoms with van der Waals surface area (Å²) >= 11 is 5.61. The zero-order valence-corrected chi connectivity index (χ0v) is 8.64. The maximum atomic E-state index is 11.5. The lowest BCUT2D eigenvalue weighted by atomic mass is 9.90. The standard InChI is InChI=1S/C8H15ClO3/c1-8(2,5-9)6(10)7(11-3)12-4/h7H,5H2,1-4H3. The number of alkyl halides is 1. The summed E-state index contributed by atoms with van der Waals surface area (Å²) in [7, 11) is 2.85. The van der Waals surface area contributed by atoms with Crippen LogP contribution in [0.2, 0.25) is 0 Å². The van der Waals surface area contributed by atoms with E-state index in [0.29, 0.717) is 0 Å². The monoisotopic (exact) mass is 194 g/mol. The number of hydrogen-bond donors (Lipinski definition) is 0. The number of carbonyl (C=O) groups excluding carboxylic acids is 1. The van der Waals surface area contributed by atoms with Gasteiger partial charge < -0.3 is 9.47 Å². The van der Waals surface area contributed by atoms with Crippen LogP contribution in [0.3, 0.4) is 0 Å². The van der Waals surface area contributed by atoms with Crippen LogP contribution >= 0.6 is 11.6 Å². The van der Waals surface area contributed by atoms with Crippen LogP contribution in [0.4, 0.5) is 0 Å². The Kier molecular flexibility index (Phi) is 4.75. The molecular weight excluding hydrogens is 180 g/mol. The molecule has 0 fully saturated rings. The lowest BCUT2D eigenvalue weighted by Crippen LogP contribution is -2.38. The number of carbonyl (C=O) groups is 1. The van der Waals surface area contributed by atoms with Crippen LogP contribution in [-0.2, 0) is 14.3 Å². The lowest BCUT2D eigenvalue weighted by Gasteiger charge is -2.23. The highest BCUT2D eigenvalue weighted by Crippen LogP contribution is 2.21. The zero-order chi connectivity index (χ0) is 9.78. The summed E-state index contributed by atoms with van der Waals surface area (Å²) in [5.74, 6) is 0.122. The van der Waals surface area contributed by atoms with Gasteiger partial charge in [0.2, 0.25) is 6.29 Å². The average molecular weight is 195 g/mol. The topological polar surface area (TPSA) is 35.5 Å². The molecule has 0 bridgehead atoms. The van der Waals surface area contributed by atoms with Crippen molar-refractivity contribution >= 4 is 17.4 Å². The number of ketones is 1. The number of rotatable bonds is 5. The maximum Gasteiger partial charge on any atom is 0.217 e. The van der Waals surface area contributed by atoms with Crippen molar-refractivity contribution in [3.05, 3.63) is 0 Å². The molecule has 3 nitrogen and oxygen atoms in total. The molecule has 0 rings (SSSR count).